The molecule has 1 aliphatic rings. The van der Waals surface area contributed by atoms with Gasteiger partial charge in [0.1, 0.15) is 23.8 Å². The van der Waals surface area contributed by atoms with E-state index in [-0.39, 0.29) is 16.5 Å². The lowest BCUT2D eigenvalue weighted by Gasteiger charge is -2.35. The van der Waals surface area contributed by atoms with Gasteiger partial charge in [-0.15, -0.1) is 0 Å². The monoisotopic (exact) mass is 458 g/mol. The number of anilines is 1. The van der Waals surface area contributed by atoms with Crippen LogP contribution in [0.3, 0.4) is 0 Å². The molecular weight excluding hydrogens is 442 g/mol. The van der Waals surface area contributed by atoms with Gasteiger partial charge >= 0.3 is 5.97 Å². The number of amides is 1. The lowest BCUT2D eigenvalue weighted by atomic mass is 10.0. The average Bonchev–Trinajstić information content (AvgIpc) is 2.77. The second kappa shape index (κ2) is 8.88. The Balaban J connectivity index is 1.60. The van der Waals surface area contributed by atoms with E-state index in [0.717, 1.165) is 24.3 Å². The summed E-state index contributed by atoms with van der Waals surface area (Å²) in [4.78, 5) is 34.9. The normalized spacial score (nSPS) is 14.3. The highest BCUT2D eigenvalue weighted by molar-refractivity contribution is 6.34. The third-order valence-corrected chi connectivity index (χ3v) is 5.50. The van der Waals surface area contributed by atoms with Crippen molar-refractivity contribution in [1.82, 2.24) is 14.9 Å². The highest BCUT2D eigenvalue weighted by Gasteiger charge is 2.23. The number of hydrogen-bond donors (Lipinski definition) is 1. The van der Waals surface area contributed by atoms with Gasteiger partial charge in [0.15, 0.2) is 0 Å². The smallest absolute Gasteiger partial charge is 0.328 e. The molecule has 2 aromatic carbocycles. The molecule has 0 spiro atoms. The Bertz CT molecular complexity index is 1240. The molecule has 7 nitrogen and oxygen atoms in total. The van der Waals surface area contributed by atoms with Crippen LogP contribution in [0.5, 0.6) is 0 Å². The molecule has 1 N–H and O–H groups in total. The van der Waals surface area contributed by atoms with Crippen LogP contribution >= 0.6 is 11.6 Å². The van der Waals surface area contributed by atoms with Gasteiger partial charge in [0.05, 0.1) is 5.52 Å². The number of hydrogen-bond acceptors (Lipinski definition) is 5. The number of carboxylic acid groups (broad SMARTS) is 1. The van der Waals surface area contributed by atoms with Gasteiger partial charge in [-0.3, -0.25) is 4.79 Å². The van der Waals surface area contributed by atoms with E-state index in [4.69, 9.17) is 16.7 Å². The van der Waals surface area contributed by atoms with Gasteiger partial charge in [-0.25, -0.2) is 23.5 Å². The highest BCUT2D eigenvalue weighted by Crippen LogP contribution is 2.36. The summed E-state index contributed by atoms with van der Waals surface area (Å²) in [5.74, 6) is -2.33. The quantitative estimate of drug-likeness (QED) is 0.602. The van der Waals surface area contributed by atoms with Crippen molar-refractivity contribution in [3.8, 4) is 11.1 Å². The predicted molar refractivity (Wildman–Crippen MR) is 115 cm³/mol. The fourth-order valence-electron chi connectivity index (χ4n) is 3.62. The number of benzene rings is 2. The molecule has 10 heteroatoms. The molecule has 0 radical (unpaired) electrons. The van der Waals surface area contributed by atoms with Crippen LogP contribution in [-0.2, 0) is 9.59 Å². The highest BCUT2D eigenvalue weighted by atomic mass is 35.5. The fourth-order valence-corrected chi connectivity index (χ4v) is 3.88. The second-order valence-corrected chi connectivity index (χ2v) is 7.56. The molecule has 164 valence electrons. The molecular formula is C22H17ClF2N4O3. The van der Waals surface area contributed by atoms with E-state index >= 15 is 0 Å². The van der Waals surface area contributed by atoms with Crippen molar-refractivity contribution in [2.75, 3.05) is 31.1 Å². The number of halogens is 3. The molecule has 1 fully saturated rings. The third-order valence-electron chi connectivity index (χ3n) is 5.18. The second-order valence-electron chi connectivity index (χ2n) is 7.15. The standard InChI is InChI=1S/C22H17ClF2N4O3/c23-17-10-16-19(11-15(17)14-2-1-13(24)9-18(14)25)26-12-27-22(16)29-7-5-28(6-8-29)20(30)3-4-21(31)32/h1-4,9-12H,5-8H2,(H,31,32)/b4-3+. The van der Waals surface area contributed by atoms with Crippen LogP contribution in [0.1, 0.15) is 0 Å². The molecule has 0 atom stereocenters. The minimum atomic E-state index is -1.18. The molecule has 0 aliphatic carbocycles. The molecule has 1 amide bonds. The van der Waals surface area contributed by atoms with E-state index in [1.807, 2.05) is 4.90 Å². The van der Waals surface area contributed by atoms with Crippen LogP contribution in [0, 0.1) is 11.6 Å². The Morgan fingerprint density at radius 3 is 2.44 bits per heavy atom. The zero-order valence-electron chi connectivity index (χ0n) is 16.6. The predicted octanol–water partition coefficient (Wildman–Crippen LogP) is 3.52. The van der Waals surface area contributed by atoms with Gasteiger partial charge in [-0.05, 0) is 24.3 Å². The van der Waals surface area contributed by atoms with Crippen LogP contribution < -0.4 is 4.90 Å². The molecule has 1 aliphatic heterocycles. The third kappa shape index (κ3) is 4.38. The van der Waals surface area contributed by atoms with Crippen LogP contribution in [0.25, 0.3) is 22.0 Å². The number of carbonyl (C=O) groups excluding carboxylic acids is 1. The first-order chi connectivity index (χ1) is 15.3. The fraction of sp³-hybridized carbons (Fsp3) is 0.182. The summed E-state index contributed by atoms with van der Waals surface area (Å²) in [6.45, 7) is 1.73. The number of nitrogens with zero attached hydrogens (tertiary/aromatic N) is 4. The molecule has 32 heavy (non-hydrogen) atoms. The summed E-state index contributed by atoms with van der Waals surface area (Å²) in [7, 11) is 0. The zero-order chi connectivity index (χ0) is 22.8. The molecule has 2 heterocycles. The Kier molecular flexibility index (Phi) is 6.00. The first-order valence-electron chi connectivity index (χ1n) is 9.68. The zero-order valence-corrected chi connectivity index (χ0v) is 17.4. The Labute approximate surface area is 186 Å². The van der Waals surface area contributed by atoms with Crippen molar-refractivity contribution in [2.45, 2.75) is 0 Å². The van der Waals surface area contributed by atoms with Gasteiger partial charge in [-0.2, -0.15) is 0 Å². The maximum absolute atomic E-state index is 14.3. The van der Waals surface area contributed by atoms with Gasteiger partial charge in [-0.1, -0.05) is 11.6 Å². The van der Waals surface area contributed by atoms with Crippen molar-refractivity contribution >= 4 is 40.2 Å². The molecule has 0 saturated carbocycles. The molecule has 0 unspecified atom stereocenters. The molecule has 4 rings (SSSR count). The van der Waals surface area contributed by atoms with E-state index in [2.05, 4.69) is 9.97 Å². The number of rotatable bonds is 4. The van der Waals surface area contributed by atoms with E-state index in [1.54, 1.807) is 17.0 Å². The Morgan fingerprint density at radius 1 is 1.00 bits per heavy atom. The van der Waals surface area contributed by atoms with Crippen molar-refractivity contribution in [3.63, 3.8) is 0 Å². The molecule has 3 aromatic rings. The van der Waals surface area contributed by atoms with Gasteiger partial charge in [0.2, 0.25) is 5.91 Å². The first-order valence-corrected chi connectivity index (χ1v) is 10.1. The molecule has 1 aromatic heterocycles. The number of aliphatic carboxylic acids is 1. The minimum Gasteiger partial charge on any atom is -0.478 e. The number of carbonyl (C=O) groups is 2. The molecule has 1 saturated heterocycles. The van der Waals surface area contributed by atoms with Crippen molar-refractivity contribution in [3.05, 3.63) is 65.5 Å². The number of aromatic nitrogens is 2. The van der Waals surface area contributed by atoms with Crippen LogP contribution in [0.15, 0.2) is 48.8 Å². The number of piperazine rings is 1. The van der Waals surface area contributed by atoms with Crippen molar-refractivity contribution < 1.29 is 23.5 Å². The largest absolute Gasteiger partial charge is 0.478 e. The summed E-state index contributed by atoms with van der Waals surface area (Å²) in [5.41, 5.74) is 1.10. The summed E-state index contributed by atoms with van der Waals surface area (Å²) < 4.78 is 27.6. The van der Waals surface area contributed by atoms with E-state index in [9.17, 15) is 18.4 Å². The van der Waals surface area contributed by atoms with Crippen molar-refractivity contribution in [1.29, 1.82) is 0 Å². The van der Waals surface area contributed by atoms with E-state index in [0.29, 0.717) is 48.5 Å². The maximum atomic E-state index is 14.3. The maximum Gasteiger partial charge on any atom is 0.328 e. The summed E-state index contributed by atoms with van der Waals surface area (Å²) in [5, 5.41) is 9.60. The number of fused-ring (bicyclic) bond motifs is 1. The average molecular weight is 459 g/mol. The summed E-state index contributed by atoms with van der Waals surface area (Å²) >= 11 is 6.44. The summed E-state index contributed by atoms with van der Waals surface area (Å²) in [6.07, 6.45) is 3.24. The summed E-state index contributed by atoms with van der Waals surface area (Å²) in [6, 6.07) is 6.58. The van der Waals surface area contributed by atoms with Gasteiger partial charge < -0.3 is 14.9 Å². The molecule has 0 bridgehead atoms. The van der Waals surface area contributed by atoms with Crippen molar-refractivity contribution in [2.24, 2.45) is 0 Å². The van der Waals surface area contributed by atoms with Crippen LogP contribution in [0.4, 0.5) is 14.6 Å². The topological polar surface area (TPSA) is 86.6 Å². The van der Waals surface area contributed by atoms with Crippen LogP contribution in [-0.4, -0.2) is 58.0 Å². The Hall–Kier alpha value is -3.59. The van der Waals surface area contributed by atoms with E-state index in [1.165, 1.54) is 12.4 Å². The van der Waals surface area contributed by atoms with Gasteiger partial charge in [0, 0.05) is 65.9 Å². The lowest BCUT2D eigenvalue weighted by molar-refractivity contribution is -0.132. The number of carboxylic acids is 1. The minimum absolute atomic E-state index is 0.167. The SMILES string of the molecule is O=C(O)/C=C/C(=O)N1CCN(c2ncnc3cc(-c4ccc(F)cc4F)c(Cl)cc23)CC1. The first kappa shape index (κ1) is 21.6. The van der Waals surface area contributed by atoms with Crippen LogP contribution in [0.2, 0.25) is 5.02 Å². The van der Waals surface area contributed by atoms with Gasteiger partial charge in [0.25, 0.3) is 0 Å². The van der Waals surface area contributed by atoms with E-state index < -0.39 is 17.6 Å². The lowest BCUT2D eigenvalue weighted by Crippen LogP contribution is -2.48. The Morgan fingerprint density at radius 2 is 1.75 bits per heavy atom.